The number of nitrogens with zero attached hydrogens (tertiary/aromatic N) is 2. The van der Waals surface area contributed by atoms with Gasteiger partial charge in [-0.15, -0.1) is 0 Å². The van der Waals surface area contributed by atoms with Gasteiger partial charge >= 0.3 is 0 Å². The van der Waals surface area contributed by atoms with Crippen LogP contribution < -0.4 is 5.32 Å². The Balaban J connectivity index is 1.32. The molecule has 0 saturated carbocycles. The highest BCUT2D eigenvalue weighted by atomic mass is 35.5. The van der Waals surface area contributed by atoms with Crippen LogP contribution in [-0.2, 0) is 26.1 Å². The highest BCUT2D eigenvalue weighted by Gasteiger charge is 2.32. The van der Waals surface area contributed by atoms with Crippen molar-refractivity contribution in [3.63, 3.8) is 0 Å². The summed E-state index contributed by atoms with van der Waals surface area (Å²) in [6.45, 7) is 4.79. The molecule has 0 bridgehead atoms. The van der Waals surface area contributed by atoms with Crippen LogP contribution in [0.4, 0.5) is 5.69 Å². The van der Waals surface area contributed by atoms with Gasteiger partial charge in [0.1, 0.15) is 0 Å². The van der Waals surface area contributed by atoms with E-state index in [1.165, 1.54) is 16.4 Å². The van der Waals surface area contributed by atoms with Gasteiger partial charge in [0.05, 0.1) is 18.1 Å². The van der Waals surface area contributed by atoms with E-state index in [1.54, 1.807) is 12.1 Å². The third kappa shape index (κ3) is 5.68. The number of benzene rings is 2. The van der Waals surface area contributed by atoms with Crippen molar-refractivity contribution in [2.75, 3.05) is 44.7 Å². The monoisotopic (exact) mass is 477 g/mol. The van der Waals surface area contributed by atoms with Crippen molar-refractivity contribution in [3.8, 4) is 0 Å². The van der Waals surface area contributed by atoms with E-state index < -0.39 is 10.0 Å². The summed E-state index contributed by atoms with van der Waals surface area (Å²) in [5.41, 5.74) is 1.92. The van der Waals surface area contributed by atoms with Crippen LogP contribution in [0.5, 0.6) is 0 Å². The molecule has 0 aromatic heterocycles. The number of nitrogens with one attached hydrogen (secondary N) is 1. The zero-order chi connectivity index (χ0) is 22.6. The maximum atomic E-state index is 12.8. The first-order chi connectivity index (χ1) is 15.4. The van der Waals surface area contributed by atoms with Crippen LogP contribution in [0.2, 0.25) is 5.02 Å². The predicted molar refractivity (Wildman–Crippen MR) is 124 cm³/mol. The summed E-state index contributed by atoms with van der Waals surface area (Å²) in [6.07, 6.45) is 0.984. The van der Waals surface area contributed by atoms with Crippen LogP contribution in [0.3, 0.4) is 0 Å². The van der Waals surface area contributed by atoms with Gasteiger partial charge in [0, 0.05) is 49.4 Å². The first-order valence-corrected chi connectivity index (χ1v) is 12.7. The second-order valence-corrected chi connectivity index (χ2v) is 10.6. The average molecular weight is 478 g/mol. The van der Waals surface area contributed by atoms with Gasteiger partial charge in [0.15, 0.2) is 0 Å². The summed E-state index contributed by atoms with van der Waals surface area (Å²) in [5.74, 6) is -0.272. The molecule has 0 spiro atoms. The van der Waals surface area contributed by atoms with Gasteiger partial charge in [-0.25, -0.2) is 8.42 Å². The van der Waals surface area contributed by atoms with Gasteiger partial charge < -0.3 is 10.1 Å². The quantitative estimate of drug-likeness (QED) is 0.691. The van der Waals surface area contributed by atoms with E-state index in [2.05, 4.69) is 16.3 Å². The zero-order valence-corrected chi connectivity index (χ0v) is 19.4. The summed E-state index contributed by atoms with van der Waals surface area (Å²) in [4.78, 5) is 15.4. The topological polar surface area (TPSA) is 79.0 Å². The van der Waals surface area contributed by atoms with E-state index in [0.29, 0.717) is 31.0 Å². The molecule has 2 aliphatic heterocycles. The molecule has 32 heavy (non-hydrogen) atoms. The Morgan fingerprint density at radius 2 is 1.72 bits per heavy atom. The molecule has 2 fully saturated rings. The Morgan fingerprint density at radius 3 is 2.41 bits per heavy atom. The third-order valence-corrected chi connectivity index (χ3v) is 8.15. The fraction of sp³-hybridized carbons (Fsp3) is 0.435. The molecule has 1 amide bonds. The number of anilines is 1. The maximum Gasteiger partial charge on any atom is 0.243 e. The van der Waals surface area contributed by atoms with E-state index in [0.717, 1.165) is 44.1 Å². The van der Waals surface area contributed by atoms with Gasteiger partial charge in [-0.1, -0.05) is 23.7 Å². The van der Waals surface area contributed by atoms with Crippen LogP contribution in [-0.4, -0.2) is 62.9 Å². The summed E-state index contributed by atoms with van der Waals surface area (Å²) in [6, 6.07) is 14.1. The number of amides is 1. The third-order valence-electron chi connectivity index (χ3n) is 5.98. The van der Waals surface area contributed by atoms with E-state index >= 15 is 0 Å². The number of hydrogen-bond donors (Lipinski definition) is 1. The molecule has 172 valence electrons. The van der Waals surface area contributed by atoms with E-state index in [1.807, 2.05) is 18.2 Å². The minimum atomic E-state index is -3.58. The van der Waals surface area contributed by atoms with Crippen molar-refractivity contribution in [1.82, 2.24) is 9.21 Å². The summed E-state index contributed by atoms with van der Waals surface area (Å²) >= 11 is 5.87. The predicted octanol–water partition coefficient (Wildman–Crippen LogP) is 3.21. The lowest BCUT2D eigenvalue weighted by Crippen LogP contribution is -2.41. The minimum absolute atomic E-state index is 0.0583. The number of halogens is 1. The molecule has 2 saturated heterocycles. The van der Waals surface area contributed by atoms with Crippen molar-refractivity contribution in [2.45, 2.75) is 24.3 Å². The number of ether oxygens (including phenoxy) is 1. The lowest BCUT2D eigenvalue weighted by atomic mass is 9.97. The number of hydrogen-bond acceptors (Lipinski definition) is 5. The fourth-order valence-corrected chi connectivity index (χ4v) is 5.72. The standard InChI is InChI=1S/C23H28ClN3O4S/c24-20-4-6-22(7-5-20)32(29,30)27-10-8-19(9-11-27)23(28)25-21-3-1-2-18(16-21)17-26-12-14-31-15-13-26/h1-7,16,19H,8-15,17H2,(H,25,28). The van der Waals surface area contributed by atoms with E-state index in [9.17, 15) is 13.2 Å². The fourth-order valence-electron chi connectivity index (χ4n) is 4.12. The normalized spacial score (nSPS) is 19.0. The Bertz CT molecular complexity index is 1030. The summed E-state index contributed by atoms with van der Waals surface area (Å²) in [5, 5.41) is 3.51. The Kier molecular flexibility index (Phi) is 7.48. The minimum Gasteiger partial charge on any atom is -0.379 e. The van der Waals surface area contributed by atoms with E-state index in [-0.39, 0.29) is 16.7 Å². The smallest absolute Gasteiger partial charge is 0.243 e. The second-order valence-electron chi connectivity index (χ2n) is 8.21. The van der Waals surface area contributed by atoms with Crippen LogP contribution in [0, 0.1) is 5.92 Å². The van der Waals surface area contributed by atoms with Crippen LogP contribution in [0.15, 0.2) is 53.4 Å². The van der Waals surface area contributed by atoms with Crippen LogP contribution in [0.1, 0.15) is 18.4 Å². The van der Waals surface area contributed by atoms with Crippen molar-refractivity contribution in [3.05, 3.63) is 59.1 Å². The molecule has 4 rings (SSSR count). The Morgan fingerprint density at radius 1 is 1.03 bits per heavy atom. The molecule has 0 radical (unpaired) electrons. The zero-order valence-electron chi connectivity index (χ0n) is 17.9. The number of carbonyl (C=O) groups is 1. The molecule has 1 N–H and O–H groups in total. The van der Waals surface area contributed by atoms with Gasteiger partial charge in [-0.3, -0.25) is 9.69 Å². The largest absolute Gasteiger partial charge is 0.379 e. The number of sulfonamides is 1. The highest BCUT2D eigenvalue weighted by molar-refractivity contribution is 7.89. The molecule has 2 aliphatic rings. The lowest BCUT2D eigenvalue weighted by molar-refractivity contribution is -0.120. The van der Waals surface area contributed by atoms with Gasteiger partial charge in [0.2, 0.25) is 15.9 Å². The molecule has 2 heterocycles. The molecule has 0 unspecified atom stereocenters. The summed E-state index contributed by atoms with van der Waals surface area (Å²) < 4.78 is 32.5. The molecular weight excluding hydrogens is 450 g/mol. The maximum absolute atomic E-state index is 12.8. The molecular formula is C23H28ClN3O4S. The van der Waals surface area contributed by atoms with Gasteiger partial charge in [-0.2, -0.15) is 4.31 Å². The van der Waals surface area contributed by atoms with Crippen molar-refractivity contribution in [2.24, 2.45) is 5.92 Å². The number of morpholine rings is 1. The van der Waals surface area contributed by atoms with Crippen molar-refractivity contribution < 1.29 is 17.9 Å². The first kappa shape index (κ1) is 23.2. The lowest BCUT2D eigenvalue weighted by Gasteiger charge is -2.30. The van der Waals surface area contributed by atoms with Crippen molar-refractivity contribution >= 4 is 33.2 Å². The van der Waals surface area contributed by atoms with Gasteiger partial charge in [0.25, 0.3) is 0 Å². The van der Waals surface area contributed by atoms with Crippen molar-refractivity contribution in [1.29, 1.82) is 0 Å². The summed E-state index contributed by atoms with van der Waals surface area (Å²) in [7, 11) is -3.58. The number of carbonyl (C=O) groups excluding carboxylic acids is 1. The average Bonchev–Trinajstić information content (AvgIpc) is 2.80. The molecule has 0 atom stereocenters. The first-order valence-electron chi connectivity index (χ1n) is 10.9. The molecule has 2 aromatic carbocycles. The molecule has 2 aromatic rings. The van der Waals surface area contributed by atoms with Crippen LogP contribution >= 0.6 is 11.6 Å². The highest BCUT2D eigenvalue weighted by Crippen LogP contribution is 2.26. The number of piperidine rings is 1. The van der Waals surface area contributed by atoms with Gasteiger partial charge in [-0.05, 0) is 54.8 Å². The molecule has 9 heteroatoms. The molecule has 0 aliphatic carbocycles. The number of rotatable bonds is 6. The SMILES string of the molecule is O=C(Nc1cccc(CN2CCOCC2)c1)C1CCN(S(=O)(=O)c2ccc(Cl)cc2)CC1. The second kappa shape index (κ2) is 10.3. The molecule has 7 nitrogen and oxygen atoms in total. The Labute approximate surface area is 194 Å². The van der Waals surface area contributed by atoms with E-state index in [4.69, 9.17) is 16.3 Å². The Hall–Kier alpha value is -1.97. The van der Waals surface area contributed by atoms with Crippen LogP contribution in [0.25, 0.3) is 0 Å².